The van der Waals surface area contributed by atoms with E-state index in [9.17, 15) is 0 Å². The zero-order valence-electron chi connectivity index (χ0n) is 8.02. The van der Waals surface area contributed by atoms with E-state index in [1.54, 1.807) is 6.20 Å². The summed E-state index contributed by atoms with van der Waals surface area (Å²) in [4.78, 5) is 8.43. The number of rotatable bonds is 2. The van der Waals surface area contributed by atoms with Gasteiger partial charge in [0.1, 0.15) is 11.5 Å². The van der Waals surface area contributed by atoms with Crippen LogP contribution in [0.4, 0.5) is 0 Å². The highest BCUT2D eigenvalue weighted by atomic mass is 32.2. The van der Waals surface area contributed by atoms with Gasteiger partial charge in [-0.2, -0.15) is 0 Å². The van der Waals surface area contributed by atoms with Gasteiger partial charge >= 0.3 is 0 Å². The van der Waals surface area contributed by atoms with Gasteiger partial charge in [-0.05, 0) is 31.4 Å². The molecule has 3 nitrogen and oxygen atoms in total. The van der Waals surface area contributed by atoms with Crippen molar-refractivity contribution in [1.82, 2.24) is 9.97 Å². The second-order valence-electron chi connectivity index (χ2n) is 2.84. The SMILES string of the molecule is CSc1nccc(-c2ccc(C)o2)n1. The van der Waals surface area contributed by atoms with Crippen LogP contribution in [-0.2, 0) is 0 Å². The molecule has 0 aromatic carbocycles. The maximum atomic E-state index is 5.47. The van der Waals surface area contributed by atoms with Crippen LogP contribution in [0.25, 0.3) is 11.5 Å². The molecule has 0 N–H and O–H groups in total. The molecular formula is C10H10N2OS. The lowest BCUT2D eigenvalue weighted by Crippen LogP contribution is -1.87. The average Bonchev–Trinajstić information content (AvgIpc) is 2.65. The van der Waals surface area contributed by atoms with Crippen molar-refractivity contribution >= 4 is 11.8 Å². The summed E-state index contributed by atoms with van der Waals surface area (Å²) in [5.74, 6) is 1.68. The van der Waals surface area contributed by atoms with Gasteiger partial charge in [0.15, 0.2) is 10.9 Å². The molecule has 2 heterocycles. The molecule has 0 saturated carbocycles. The van der Waals surface area contributed by atoms with Crippen molar-refractivity contribution < 1.29 is 4.42 Å². The smallest absolute Gasteiger partial charge is 0.187 e. The minimum absolute atomic E-state index is 0.761. The molecule has 0 aliphatic heterocycles. The molecule has 0 atom stereocenters. The van der Waals surface area contributed by atoms with E-state index in [0.717, 1.165) is 22.4 Å². The minimum Gasteiger partial charge on any atom is -0.460 e. The molecule has 0 unspecified atom stereocenters. The van der Waals surface area contributed by atoms with Crippen molar-refractivity contribution in [3.05, 3.63) is 30.2 Å². The van der Waals surface area contributed by atoms with Gasteiger partial charge in [-0.25, -0.2) is 9.97 Å². The first-order chi connectivity index (χ1) is 6.79. The molecule has 0 fully saturated rings. The Bertz CT molecular complexity index is 439. The molecule has 72 valence electrons. The van der Waals surface area contributed by atoms with Gasteiger partial charge in [0.2, 0.25) is 0 Å². The molecular weight excluding hydrogens is 196 g/mol. The van der Waals surface area contributed by atoms with Crippen LogP contribution in [0.1, 0.15) is 5.76 Å². The van der Waals surface area contributed by atoms with E-state index in [2.05, 4.69) is 9.97 Å². The maximum Gasteiger partial charge on any atom is 0.187 e. The number of aromatic nitrogens is 2. The van der Waals surface area contributed by atoms with Crippen LogP contribution >= 0.6 is 11.8 Å². The van der Waals surface area contributed by atoms with Crippen molar-refractivity contribution in [2.75, 3.05) is 6.26 Å². The molecule has 0 aliphatic carbocycles. The predicted molar refractivity (Wildman–Crippen MR) is 56.3 cm³/mol. The topological polar surface area (TPSA) is 38.9 Å². The van der Waals surface area contributed by atoms with Gasteiger partial charge in [0.05, 0.1) is 0 Å². The Morgan fingerprint density at radius 3 is 2.79 bits per heavy atom. The van der Waals surface area contributed by atoms with Gasteiger partial charge < -0.3 is 4.42 Å². The molecule has 0 bridgehead atoms. The molecule has 2 aromatic heterocycles. The van der Waals surface area contributed by atoms with Crippen LogP contribution in [0, 0.1) is 6.92 Å². The van der Waals surface area contributed by atoms with Gasteiger partial charge in [0, 0.05) is 6.20 Å². The van der Waals surface area contributed by atoms with E-state index in [-0.39, 0.29) is 0 Å². The Hall–Kier alpha value is -1.29. The fourth-order valence-electron chi connectivity index (χ4n) is 1.15. The van der Waals surface area contributed by atoms with Gasteiger partial charge in [-0.3, -0.25) is 0 Å². The summed E-state index contributed by atoms with van der Waals surface area (Å²) in [7, 11) is 0. The minimum atomic E-state index is 0.761. The molecule has 0 spiro atoms. The summed E-state index contributed by atoms with van der Waals surface area (Å²) in [5.41, 5.74) is 0.831. The van der Waals surface area contributed by atoms with Crippen molar-refractivity contribution in [2.45, 2.75) is 12.1 Å². The summed E-state index contributed by atoms with van der Waals surface area (Å²) in [6.07, 6.45) is 3.69. The Balaban J connectivity index is 2.41. The molecule has 0 saturated heterocycles. The van der Waals surface area contributed by atoms with E-state index >= 15 is 0 Å². The lowest BCUT2D eigenvalue weighted by molar-refractivity contribution is 0.545. The maximum absolute atomic E-state index is 5.47. The Labute approximate surface area is 86.6 Å². The van der Waals surface area contributed by atoms with Crippen LogP contribution in [0.5, 0.6) is 0 Å². The lowest BCUT2D eigenvalue weighted by atomic mass is 10.3. The zero-order chi connectivity index (χ0) is 9.97. The summed E-state index contributed by atoms with van der Waals surface area (Å²) < 4.78 is 5.47. The Morgan fingerprint density at radius 2 is 2.14 bits per heavy atom. The number of thioether (sulfide) groups is 1. The summed E-state index contributed by atoms with van der Waals surface area (Å²) in [6, 6.07) is 5.69. The predicted octanol–water partition coefficient (Wildman–Crippen LogP) is 2.77. The van der Waals surface area contributed by atoms with Crippen LogP contribution in [0.3, 0.4) is 0 Å². The number of furan rings is 1. The first kappa shape index (κ1) is 9.27. The average molecular weight is 206 g/mol. The van der Waals surface area contributed by atoms with Crippen LogP contribution in [0.15, 0.2) is 34.0 Å². The van der Waals surface area contributed by atoms with E-state index in [4.69, 9.17) is 4.42 Å². The third-order valence-corrected chi connectivity index (χ3v) is 2.37. The van der Waals surface area contributed by atoms with E-state index in [0.29, 0.717) is 0 Å². The first-order valence-electron chi connectivity index (χ1n) is 4.23. The number of aryl methyl sites for hydroxylation is 1. The van der Waals surface area contributed by atoms with Crippen LogP contribution in [0.2, 0.25) is 0 Å². The second kappa shape index (κ2) is 3.84. The molecule has 4 heteroatoms. The van der Waals surface area contributed by atoms with Crippen molar-refractivity contribution in [3.63, 3.8) is 0 Å². The van der Waals surface area contributed by atoms with Gasteiger partial charge in [0.25, 0.3) is 0 Å². The number of hydrogen-bond donors (Lipinski definition) is 0. The second-order valence-corrected chi connectivity index (χ2v) is 3.61. The molecule has 0 aliphatic rings. The Morgan fingerprint density at radius 1 is 1.29 bits per heavy atom. The molecule has 0 radical (unpaired) electrons. The normalized spacial score (nSPS) is 10.4. The quantitative estimate of drug-likeness (QED) is 0.559. The third kappa shape index (κ3) is 1.80. The molecule has 14 heavy (non-hydrogen) atoms. The summed E-state index contributed by atoms with van der Waals surface area (Å²) >= 11 is 1.52. The highest BCUT2D eigenvalue weighted by Crippen LogP contribution is 2.20. The highest BCUT2D eigenvalue weighted by molar-refractivity contribution is 7.98. The first-order valence-corrected chi connectivity index (χ1v) is 5.46. The van der Waals surface area contributed by atoms with E-state index in [1.165, 1.54) is 11.8 Å². The molecule has 2 rings (SSSR count). The van der Waals surface area contributed by atoms with Gasteiger partial charge in [-0.1, -0.05) is 11.8 Å². The lowest BCUT2D eigenvalue weighted by Gasteiger charge is -1.97. The third-order valence-electron chi connectivity index (χ3n) is 1.81. The van der Waals surface area contributed by atoms with E-state index in [1.807, 2.05) is 31.4 Å². The van der Waals surface area contributed by atoms with Crippen molar-refractivity contribution in [2.24, 2.45) is 0 Å². The monoisotopic (exact) mass is 206 g/mol. The van der Waals surface area contributed by atoms with Crippen molar-refractivity contribution in [1.29, 1.82) is 0 Å². The molecule has 0 amide bonds. The fraction of sp³-hybridized carbons (Fsp3) is 0.200. The Kier molecular flexibility index (Phi) is 2.54. The zero-order valence-corrected chi connectivity index (χ0v) is 8.84. The number of hydrogen-bond acceptors (Lipinski definition) is 4. The van der Waals surface area contributed by atoms with E-state index < -0.39 is 0 Å². The highest BCUT2D eigenvalue weighted by Gasteiger charge is 2.04. The molecule has 2 aromatic rings. The summed E-state index contributed by atoms with van der Waals surface area (Å²) in [5, 5.41) is 0.761. The van der Waals surface area contributed by atoms with Crippen LogP contribution < -0.4 is 0 Å². The van der Waals surface area contributed by atoms with Crippen LogP contribution in [-0.4, -0.2) is 16.2 Å². The van der Waals surface area contributed by atoms with Crippen molar-refractivity contribution in [3.8, 4) is 11.5 Å². The van der Waals surface area contributed by atoms with Gasteiger partial charge in [-0.15, -0.1) is 0 Å². The summed E-state index contributed by atoms with van der Waals surface area (Å²) in [6.45, 7) is 1.92. The standard InChI is InChI=1S/C10H10N2OS/c1-7-3-4-9(13-7)8-5-6-11-10(12-8)14-2/h3-6H,1-2H3. The fourth-order valence-corrected chi connectivity index (χ4v) is 1.50. The largest absolute Gasteiger partial charge is 0.460 e. The number of nitrogens with zero attached hydrogens (tertiary/aromatic N) is 2.